The Bertz CT molecular complexity index is 1090. The summed E-state index contributed by atoms with van der Waals surface area (Å²) in [5.74, 6) is 1.17. The molecule has 0 aliphatic carbocycles. The van der Waals surface area contributed by atoms with E-state index in [0.29, 0.717) is 26.1 Å². The molecule has 0 radical (unpaired) electrons. The number of piperidine rings is 1. The summed E-state index contributed by atoms with van der Waals surface area (Å²) < 4.78 is 12.1. The molecule has 2 saturated heterocycles. The second-order valence-electron chi connectivity index (χ2n) is 11.4. The van der Waals surface area contributed by atoms with Gasteiger partial charge in [-0.2, -0.15) is 0 Å². The van der Waals surface area contributed by atoms with Gasteiger partial charge >= 0.3 is 6.09 Å². The van der Waals surface area contributed by atoms with Gasteiger partial charge in [-0.1, -0.05) is 39.0 Å². The summed E-state index contributed by atoms with van der Waals surface area (Å²) >= 11 is 0. The first-order valence-electron chi connectivity index (χ1n) is 12.9. The fraction of sp³-hybridized carbons (Fsp3) is 0.517. The van der Waals surface area contributed by atoms with E-state index in [1.165, 1.54) is 11.1 Å². The van der Waals surface area contributed by atoms with Crippen molar-refractivity contribution in [2.45, 2.75) is 64.9 Å². The molecule has 2 fully saturated rings. The van der Waals surface area contributed by atoms with Crippen molar-refractivity contribution in [1.82, 2.24) is 4.90 Å². The Kier molecular flexibility index (Phi) is 6.24. The zero-order valence-corrected chi connectivity index (χ0v) is 21.1. The summed E-state index contributed by atoms with van der Waals surface area (Å²) in [4.78, 5) is 28.2. The van der Waals surface area contributed by atoms with Crippen LogP contribution in [0.15, 0.2) is 42.5 Å². The van der Waals surface area contributed by atoms with Crippen LogP contribution in [0.5, 0.6) is 5.75 Å². The molecule has 3 heterocycles. The number of amides is 2. The minimum absolute atomic E-state index is 0.0311. The first kappa shape index (κ1) is 23.7. The van der Waals surface area contributed by atoms with Crippen molar-refractivity contribution < 1.29 is 19.1 Å². The molecule has 5 rings (SSSR count). The summed E-state index contributed by atoms with van der Waals surface area (Å²) in [5, 5.41) is 0. The van der Waals surface area contributed by atoms with Crippen molar-refractivity contribution in [3.05, 3.63) is 48.0 Å². The second-order valence-corrected chi connectivity index (χ2v) is 11.4. The van der Waals surface area contributed by atoms with Crippen LogP contribution in [-0.2, 0) is 16.0 Å². The second kappa shape index (κ2) is 9.21. The Morgan fingerprint density at radius 1 is 0.971 bits per heavy atom. The SMILES string of the molecule is CC(C)(C)COC(=O)N1CCC2(CCc3cc(-c4ccc(N5CCCC5=O)cc4)ccc3O2)CC1. The largest absolute Gasteiger partial charge is 0.487 e. The number of aryl methyl sites for hydroxylation is 1. The van der Waals surface area contributed by atoms with Crippen LogP contribution in [0, 0.1) is 5.41 Å². The summed E-state index contributed by atoms with van der Waals surface area (Å²) in [6.07, 6.45) is 4.96. The maximum atomic E-state index is 12.4. The van der Waals surface area contributed by atoms with Gasteiger partial charge in [0.2, 0.25) is 5.91 Å². The van der Waals surface area contributed by atoms with Crippen molar-refractivity contribution >= 4 is 17.7 Å². The molecule has 2 aromatic carbocycles. The van der Waals surface area contributed by atoms with Crippen molar-refractivity contribution in [2.24, 2.45) is 5.41 Å². The third-order valence-corrected chi connectivity index (χ3v) is 7.38. The Morgan fingerprint density at radius 2 is 1.69 bits per heavy atom. The van der Waals surface area contributed by atoms with Gasteiger partial charge in [-0.3, -0.25) is 4.79 Å². The highest BCUT2D eigenvalue weighted by atomic mass is 16.6. The van der Waals surface area contributed by atoms with Crippen LogP contribution >= 0.6 is 0 Å². The maximum absolute atomic E-state index is 12.4. The number of ether oxygens (including phenoxy) is 2. The van der Waals surface area contributed by atoms with Gasteiger partial charge in [0, 0.05) is 44.6 Å². The van der Waals surface area contributed by atoms with Gasteiger partial charge < -0.3 is 19.3 Å². The van der Waals surface area contributed by atoms with Crippen LogP contribution in [0.2, 0.25) is 0 Å². The fourth-order valence-electron chi connectivity index (χ4n) is 5.27. The molecular weight excluding hydrogens is 440 g/mol. The lowest BCUT2D eigenvalue weighted by molar-refractivity contribution is -0.117. The van der Waals surface area contributed by atoms with E-state index in [-0.39, 0.29) is 23.0 Å². The quantitative estimate of drug-likeness (QED) is 0.560. The number of nitrogens with zero attached hydrogens (tertiary/aromatic N) is 2. The zero-order chi connectivity index (χ0) is 24.6. The lowest BCUT2D eigenvalue weighted by Crippen LogP contribution is -2.51. The fourth-order valence-corrected chi connectivity index (χ4v) is 5.27. The number of fused-ring (bicyclic) bond motifs is 1. The van der Waals surface area contributed by atoms with E-state index in [4.69, 9.17) is 9.47 Å². The van der Waals surface area contributed by atoms with Crippen LogP contribution in [0.25, 0.3) is 11.1 Å². The first-order valence-corrected chi connectivity index (χ1v) is 12.9. The van der Waals surface area contributed by atoms with E-state index in [2.05, 4.69) is 51.1 Å². The highest BCUT2D eigenvalue weighted by Gasteiger charge is 2.41. The Hall–Kier alpha value is -3.02. The number of carbonyl (C=O) groups is 2. The van der Waals surface area contributed by atoms with Crippen LogP contribution in [0.3, 0.4) is 0 Å². The highest BCUT2D eigenvalue weighted by Crippen LogP contribution is 2.41. The molecule has 0 N–H and O–H groups in total. The first-order chi connectivity index (χ1) is 16.7. The summed E-state index contributed by atoms with van der Waals surface area (Å²) in [7, 11) is 0. The van der Waals surface area contributed by atoms with Gasteiger partial charge in [0.25, 0.3) is 0 Å². The Morgan fingerprint density at radius 3 is 2.34 bits per heavy atom. The molecule has 2 aromatic rings. The zero-order valence-electron chi connectivity index (χ0n) is 21.1. The number of carbonyl (C=O) groups excluding carboxylic acids is 2. The number of likely N-dealkylation sites (tertiary alicyclic amines) is 1. The Labute approximate surface area is 208 Å². The molecule has 2 amide bonds. The van der Waals surface area contributed by atoms with Crippen molar-refractivity contribution in [2.75, 3.05) is 31.1 Å². The number of hydrogen-bond donors (Lipinski definition) is 0. The van der Waals surface area contributed by atoms with Crippen molar-refractivity contribution in [3.63, 3.8) is 0 Å². The molecule has 0 aromatic heterocycles. The van der Waals surface area contributed by atoms with E-state index in [1.54, 1.807) is 0 Å². The van der Waals surface area contributed by atoms with Crippen LogP contribution < -0.4 is 9.64 Å². The predicted octanol–water partition coefficient (Wildman–Crippen LogP) is 5.82. The lowest BCUT2D eigenvalue weighted by atomic mass is 9.82. The predicted molar refractivity (Wildman–Crippen MR) is 137 cm³/mol. The van der Waals surface area contributed by atoms with Crippen LogP contribution in [0.4, 0.5) is 10.5 Å². The van der Waals surface area contributed by atoms with E-state index in [0.717, 1.165) is 55.6 Å². The molecule has 6 heteroatoms. The number of hydrogen-bond acceptors (Lipinski definition) is 4. The van der Waals surface area contributed by atoms with Gasteiger partial charge in [0.15, 0.2) is 0 Å². The van der Waals surface area contributed by atoms with Gasteiger partial charge in [0.1, 0.15) is 11.4 Å². The molecule has 0 atom stereocenters. The minimum Gasteiger partial charge on any atom is -0.487 e. The van der Waals surface area contributed by atoms with Gasteiger partial charge in [-0.15, -0.1) is 0 Å². The van der Waals surface area contributed by atoms with Crippen LogP contribution in [0.1, 0.15) is 58.4 Å². The van der Waals surface area contributed by atoms with E-state index >= 15 is 0 Å². The molecule has 0 unspecified atom stereocenters. The molecule has 35 heavy (non-hydrogen) atoms. The molecule has 6 nitrogen and oxygen atoms in total. The summed E-state index contributed by atoms with van der Waals surface area (Å²) in [6, 6.07) is 14.7. The van der Waals surface area contributed by atoms with Crippen molar-refractivity contribution in [1.29, 1.82) is 0 Å². The normalized spacial score (nSPS) is 19.5. The van der Waals surface area contributed by atoms with Gasteiger partial charge in [0.05, 0.1) is 6.61 Å². The molecular formula is C29H36N2O4. The minimum atomic E-state index is -0.212. The molecule has 0 saturated carbocycles. The van der Waals surface area contributed by atoms with Crippen molar-refractivity contribution in [3.8, 4) is 16.9 Å². The standard InChI is InChI=1S/C29H36N2O4/c1-28(2,3)20-34-27(33)30-17-14-29(15-18-30)13-12-23-19-22(8-11-25(23)35-29)21-6-9-24(10-7-21)31-16-4-5-26(31)32/h6-11,19H,4-5,12-18,20H2,1-3H3. The van der Waals surface area contributed by atoms with E-state index < -0.39 is 0 Å². The number of rotatable bonds is 3. The maximum Gasteiger partial charge on any atom is 0.409 e. The average Bonchev–Trinajstić information content (AvgIpc) is 3.28. The van der Waals surface area contributed by atoms with Gasteiger partial charge in [-0.05, 0) is 65.6 Å². The van der Waals surface area contributed by atoms with E-state index in [9.17, 15) is 9.59 Å². The molecule has 3 aliphatic rings. The highest BCUT2D eigenvalue weighted by molar-refractivity contribution is 5.95. The van der Waals surface area contributed by atoms with Crippen LogP contribution in [-0.4, -0.2) is 48.7 Å². The number of anilines is 1. The monoisotopic (exact) mass is 476 g/mol. The molecule has 3 aliphatic heterocycles. The summed E-state index contributed by atoms with van der Waals surface area (Å²) in [5.41, 5.74) is 4.30. The molecule has 0 bridgehead atoms. The Balaban J connectivity index is 1.21. The average molecular weight is 477 g/mol. The lowest BCUT2D eigenvalue weighted by Gasteiger charge is -2.44. The van der Waals surface area contributed by atoms with Gasteiger partial charge in [-0.25, -0.2) is 4.79 Å². The third kappa shape index (κ3) is 5.16. The topological polar surface area (TPSA) is 59.1 Å². The smallest absolute Gasteiger partial charge is 0.409 e. The van der Waals surface area contributed by atoms with E-state index in [1.807, 2.05) is 21.9 Å². The number of benzene rings is 2. The molecule has 1 spiro atoms. The third-order valence-electron chi connectivity index (χ3n) is 7.38. The summed E-state index contributed by atoms with van der Waals surface area (Å²) in [6.45, 7) is 8.78. The molecule has 186 valence electrons.